The summed E-state index contributed by atoms with van der Waals surface area (Å²) in [5.41, 5.74) is 4.31. The predicted octanol–water partition coefficient (Wildman–Crippen LogP) is 5.03. The molecule has 0 atom stereocenters. The Morgan fingerprint density at radius 1 is 1.12 bits per heavy atom. The van der Waals surface area contributed by atoms with Gasteiger partial charge in [-0.1, -0.05) is 29.3 Å². The third-order valence-electron chi connectivity index (χ3n) is 6.05. The van der Waals surface area contributed by atoms with Gasteiger partial charge in [0.05, 0.1) is 40.9 Å². The second-order valence-electron chi connectivity index (χ2n) is 7.82. The van der Waals surface area contributed by atoms with Gasteiger partial charge in [-0.05, 0) is 31.0 Å². The van der Waals surface area contributed by atoms with Gasteiger partial charge in [0.25, 0.3) is 5.91 Å². The fraction of sp³-hybridized carbons (Fsp3) is 0.250. The summed E-state index contributed by atoms with van der Waals surface area (Å²) in [5, 5.41) is 8.74. The highest BCUT2D eigenvalue weighted by atomic mass is 35.5. The van der Waals surface area contributed by atoms with Crippen molar-refractivity contribution in [2.24, 2.45) is 0 Å². The molecule has 0 saturated carbocycles. The zero-order chi connectivity index (χ0) is 24.0. The van der Waals surface area contributed by atoms with Crippen molar-refractivity contribution in [3.05, 3.63) is 51.6 Å². The zero-order valence-electron chi connectivity index (χ0n) is 18.8. The van der Waals surface area contributed by atoms with Gasteiger partial charge in [0, 0.05) is 36.5 Å². The summed E-state index contributed by atoms with van der Waals surface area (Å²) in [6, 6.07) is 7.43. The van der Waals surface area contributed by atoms with E-state index >= 15 is 0 Å². The molecule has 2 aromatic carbocycles. The van der Waals surface area contributed by atoms with Gasteiger partial charge in [0.1, 0.15) is 11.5 Å². The Hall–Kier alpha value is -3.36. The van der Waals surface area contributed by atoms with Crippen LogP contribution in [0.15, 0.2) is 30.5 Å². The predicted molar refractivity (Wildman–Crippen MR) is 131 cm³/mol. The lowest BCUT2D eigenvalue weighted by Gasteiger charge is -2.27. The van der Waals surface area contributed by atoms with Crippen LogP contribution in [0.25, 0.3) is 33.7 Å². The smallest absolute Gasteiger partial charge is 0.254 e. The topological polar surface area (TPSA) is 93.2 Å². The molecule has 1 aliphatic rings. The first-order chi connectivity index (χ1) is 16.5. The highest BCUT2D eigenvalue weighted by Gasteiger charge is 2.25. The summed E-state index contributed by atoms with van der Waals surface area (Å²) in [5.74, 6) is 1.16. The number of methoxy groups -OCH3 is 2. The van der Waals surface area contributed by atoms with E-state index in [9.17, 15) is 4.79 Å². The van der Waals surface area contributed by atoms with Crippen LogP contribution in [0.1, 0.15) is 22.8 Å². The number of carbonyl (C=O) groups excluding carboxylic acids is 1. The number of ether oxygens (including phenoxy) is 2. The van der Waals surface area contributed by atoms with Crippen LogP contribution in [0.3, 0.4) is 0 Å². The number of nitrogens with one attached hydrogen (secondary N) is 1. The van der Waals surface area contributed by atoms with Gasteiger partial charge in [0.2, 0.25) is 0 Å². The van der Waals surface area contributed by atoms with Crippen molar-refractivity contribution in [2.45, 2.75) is 13.3 Å². The van der Waals surface area contributed by atoms with Crippen molar-refractivity contribution in [3.63, 3.8) is 0 Å². The molecule has 0 bridgehead atoms. The molecule has 2 aromatic heterocycles. The van der Waals surface area contributed by atoms with Gasteiger partial charge in [0.15, 0.2) is 11.5 Å². The van der Waals surface area contributed by atoms with Gasteiger partial charge in [-0.25, -0.2) is 9.97 Å². The van der Waals surface area contributed by atoms with Crippen LogP contribution in [-0.4, -0.2) is 58.3 Å². The van der Waals surface area contributed by atoms with E-state index in [1.54, 1.807) is 12.3 Å². The Morgan fingerprint density at radius 2 is 1.85 bits per heavy atom. The molecule has 0 fully saturated rings. The number of halogens is 2. The lowest BCUT2D eigenvalue weighted by Crippen LogP contribution is -2.37. The normalized spacial score (nSPS) is 13.3. The second-order valence-corrected chi connectivity index (χ2v) is 8.58. The van der Waals surface area contributed by atoms with E-state index in [1.165, 1.54) is 14.2 Å². The molecule has 8 nitrogen and oxygen atoms in total. The maximum atomic E-state index is 12.6. The average Bonchev–Trinajstić information content (AvgIpc) is 3.28. The quantitative estimate of drug-likeness (QED) is 0.415. The number of hydrogen-bond donors (Lipinski definition) is 1. The molecule has 0 spiro atoms. The van der Waals surface area contributed by atoms with E-state index in [-0.39, 0.29) is 16.0 Å². The minimum absolute atomic E-state index is 0.0696. The van der Waals surface area contributed by atoms with E-state index in [4.69, 9.17) is 32.7 Å². The Bertz CT molecular complexity index is 1410. The van der Waals surface area contributed by atoms with Crippen molar-refractivity contribution >= 4 is 40.1 Å². The lowest BCUT2D eigenvalue weighted by molar-refractivity contribution is 0.0749. The van der Waals surface area contributed by atoms with E-state index in [1.807, 2.05) is 30.0 Å². The SMILES string of the molecule is CCN1CCc2cc(-c3[nH]nc4nc(-c5c(Cl)c(OC)cc(OC)c5Cl)ncc34)ccc2C1=O. The van der Waals surface area contributed by atoms with Gasteiger partial charge < -0.3 is 14.4 Å². The van der Waals surface area contributed by atoms with E-state index < -0.39 is 0 Å². The molecular weight excluding hydrogens is 477 g/mol. The van der Waals surface area contributed by atoms with Crippen LogP contribution < -0.4 is 9.47 Å². The number of likely N-dealkylation sites (N-methyl/N-ethyl adjacent to an activating group) is 1. The average molecular weight is 498 g/mol. The summed E-state index contributed by atoms with van der Waals surface area (Å²) >= 11 is 13.1. The molecule has 4 aromatic rings. The van der Waals surface area contributed by atoms with Crippen LogP contribution in [0.2, 0.25) is 10.0 Å². The van der Waals surface area contributed by atoms with Gasteiger partial charge in [-0.3, -0.25) is 9.89 Å². The number of fused-ring (bicyclic) bond motifs is 2. The highest BCUT2D eigenvalue weighted by molar-refractivity contribution is 6.40. The Morgan fingerprint density at radius 3 is 2.53 bits per heavy atom. The molecule has 34 heavy (non-hydrogen) atoms. The summed E-state index contributed by atoms with van der Waals surface area (Å²) in [6.07, 6.45) is 2.49. The van der Waals surface area contributed by atoms with Crippen LogP contribution in [0, 0.1) is 0 Å². The number of hydrogen-bond acceptors (Lipinski definition) is 6. The fourth-order valence-corrected chi connectivity index (χ4v) is 4.89. The lowest BCUT2D eigenvalue weighted by atomic mass is 9.95. The van der Waals surface area contributed by atoms with E-state index in [2.05, 4.69) is 20.2 Å². The molecule has 0 radical (unpaired) electrons. The first-order valence-corrected chi connectivity index (χ1v) is 11.5. The first-order valence-electron chi connectivity index (χ1n) is 10.7. The summed E-state index contributed by atoms with van der Waals surface area (Å²) in [6.45, 7) is 3.41. The summed E-state index contributed by atoms with van der Waals surface area (Å²) in [7, 11) is 3.02. The third kappa shape index (κ3) is 3.54. The number of nitrogens with zero attached hydrogens (tertiary/aromatic N) is 4. The molecule has 1 aliphatic heterocycles. The number of amides is 1. The van der Waals surface area contributed by atoms with Crippen molar-refractivity contribution < 1.29 is 14.3 Å². The third-order valence-corrected chi connectivity index (χ3v) is 6.80. The molecule has 5 rings (SSSR count). The molecular formula is C24H21Cl2N5O3. The maximum Gasteiger partial charge on any atom is 0.254 e. The van der Waals surface area contributed by atoms with Gasteiger partial charge >= 0.3 is 0 Å². The number of aromatic amines is 1. The molecule has 1 amide bonds. The molecule has 3 heterocycles. The molecule has 10 heteroatoms. The van der Waals surface area contributed by atoms with Gasteiger partial charge in [-0.15, -0.1) is 0 Å². The van der Waals surface area contributed by atoms with E-state index in [0.717, 1.165) is 34.2 Å². The van der Waals surface area contributed by atoms with Crippen molar-refractivity contribution in [1.29, 1.82) is 0 Å². The maximum absolute atomic E-state index is 12.6. The summed E-state index contributed by atoms with van der Waals surface area (Å²) in [4.78, 5) is 23.6. The van der Waals surface area contributed by atoms with Crippen LogP contribution in [0.5, 0.6) is 11.5 Å². The minimum atomic E-state index is 0.0696. The summed E-state index contributed by atoms with van der Waals surface area (Å²) < 4.78 is 10.7. The monoisotopic (exact) mass is 497 g/mol. The molecule has 0 aliphatic carbocycles. The molecule has 0 unspecified atom stereocenters. The molecule has 0 saturated heterocycles. The van der Waals surface area contributed by atoms with Crippen molar-refractivity contribution in [3.8, 4) is 34.1 Å². The van der Waals surface area contributed by atoms with Gasteiger partial charge in [-0.2, -0.15) is 5.10 Å². The number of H-pyrrole nitrogens is 1. The second kappa shape index (κ2) is 8.77. The van der Waals surface area contributed by atoms with Crippen LogP contribution >= 0.6 is 23.2 Å². The molecule has 174 valence electrons. The van der Waals surface area contributed by atoms with Crippen LogP contribution in [0.4, 0.5) is 0 Å². The largest absolute Gasteiger partial charge is 0.495 e. The zero-order valence-corrected chi connectivity index (χ0v) is 20.3. The van der Waals surface area contributed by atoms with Crippen molar-refractivity contribution in [1.82, 2.24) is 25.1 Å². The number of aromatic nitrogens is 4. The number of benzene rings is 2. The fourth-order valence-electron chi connectivity index (χ4n) is 4.22. The Kier molecular flexibility index (Phi) is 5.79. The standard InChI is InChI=1S/C24H21Cl2N5O3/c1-4-31-8-7-12-9-13(5-6-14(12)24(31)32)21-15-11-27-23(28-22(15)30-29-21)18-19(25)16(33-2)10-17(34-3)20(18)26/h5-6,9-11H,4,7-8H2,1-3H3,(H,27,28,29,30). The first kappa shape index (κ1) is 22.4. The minimum Gasteiger partial charge on any atom is -0.495 e. The highest BCUT2D eigenvalue weighted by Crippen LogP contribution is 2.45. The van der Waals surface area contributed by atoms with Crippen LogP contribution in [-0.2, 0) is 6.42 Å². The Labute approximate surface area is 205 Å². The molecule has 1 N–H and O–H groups in total. The van der Waals surface area contributed by atoms with Crippen molar-refractivity contribution in [2.75, 3.05) is 27.3 Å². The number of carbonyl (C=O) groups is 1. The number of rotatable bonds is 5. The van der Waals surface area contributed by atoms with E-state index in [0.29, 0.717) is 41.6 Å². The Balaban J connectivity index is 1.57.